The molecule has 5 atom stereocenters. The highest BCUT2D eigenvalue weighted by Crippen LogP contribution is 2.61. The van der Waals surface area contributed by atoms with Gasteiger partial charge in [0.15, 0.2) is 6.23 Å². The predicted molar refractivity (Wildman–Crippen MR) is 87.8 cm³/mol. The highest BCUT2D eigenvalue weighted by molar-refractivity contribution is 7.48. The van der Waals surface area contributed by atoms with E-state index >= 15 is 0 Å². The fourth-order valence-electron chi connectivity index (χ4n) is 3.02. The van der Waals surface area contributed by atoms with Crippen LogP contribution >= 0.6 is 7.82 Å². The Kier molecular flexibility index (Phi) is 4.59. The van der Waals surface area contributed by atoms with Gasteiger partial charge in [-0.15, -0.1) is 0 Å². The Morgan fingerprint density at radius 1 is 1.52 bits per heavy atom. The number of hydrogen-bond acceptors (Lipinski definition) is 8. The molecule has 2 saturated heterocycles. The zero-order valence-electron chi connectivity index (χ0n) is 14.1. The maximum atomic E-state index is 12.7. The van der Waals surface area contributed by atoms with Crippen molar-refractivity contribution in [1.29, 1.82) is 0 Å². The molecule has 0 bridgehead atoms. The number of fused-ring (bicyclic) bond motifs is 1. The Balaban J connectivity index is 1.97. The molecule has 0 aliphatic carbocycles. The lowest BCUT2D eigenvalue weighted by Crippen LogP contribution is -2.50. The molecule has 2 aliphatic heterocycles. The van der Waals surface area contributed by atoms with Crippen LogP contribution < -0.4 is 11.2 Å². The summed E-state index contributed by atoms with van der Waals surface area (Å²) in [6.07, 6.45) is -0.618. The molecule has 11 heteroatoms. The minimum atomic E-state index is -3.81. The van der Waals surface area contributed by atoms with E-state index in [0.717, 1.165) is 0 Å². The predicted octanol–water partition coefficient (Wildman–Crippen LogP) is 0.842. The summed E-state index contributed by atoms with van der Waals surface area (Å²) < 4.78 is 36.0. The summed E-state index contributed by atoms with van der Waals surface area (Å²) in [5, 5.41) is 0. The van der Waals surface area contributed by atoms with Gasteiger partial charge in [-0.3, -0.25) is 32.9 Å². The van der Waals surface area contributed by atoms with Crippen LogP contribution in [0.1, 0.15) is 27.0 Å². The van der Waals surface area contributed by atoms with Gasteiger partial charge in [-0.2, -0.15) is 0 Å². The Labute approximate surface area is 143 Å². The lowest BCUT2D eigenvalue weighted by molar-refractivity contribution is -0.110. The first kappa shape index (κ1) is 18.2. The molecule has 1 aromatic rings. The number of nitrogens with zero attached hydrogens (tertiary/aromatic N) is 2. The van der Waals surface area contributed by atoms with Gasteiger partial charge >= 0.3 is 13.5 Å². The SMILES string of the molecule is C=N[C@H]1[C@H](n2ccc(=O)[nH]c2=O)O[C@@H]2COP(=O)(OC(C)C)O[C@]21C. The van der Waals surface area contributed by atoms with Gasteiger partial charge in [0.1, 0.15) is 17.7 Å². The second kappa shape index (κ2) is 6.30. The number of H-pyrrole nitrogens is 1. The molecule has 10 nitrogen and oxygen atoms in total. The molecule has 0 radical (unpaired) electrons. The van der Waals surface area contributed by atoms with Gasteiger partial charge < -0.3 is 4.74 Å². The molecule has 1 unspecified atom stereocenters. The third-order valence-corrected chi connectivity index (χ3v) is 5.92. The first-order chi connectivity index (χ1) is 11.7. The number of phosphoric ester groups is 1. The minimum Gasteiger partial charge on any atom is -0.347 e. The third kappa shape index (κ3) is 3.16. The van der Waals surface area contributed by atoms with Gasteiger partial charge in [0, 0.05) is 12.3 Å². The van der Waals surface area contributed by atoms with Crippen molar-refractivity contribution in [3.05, 3.63) is 33.1 Å². The molecule has 25 heavy (non-hydrogen) atoms. The van der Waals surface area contributed by atoms with Crippen molar-refractivity contribution in [2.75, 3.05) is 6.61 Å². The molecule has 3 rings (SSSR count). The van der Waals surface area contributed by atoms with E-state index in [1.54, 1.807) is 20.8 Å². The molecule has 0 amide bonds. The van der Waals surface area contributed by atoms with Gasteiger partial charge in [0.05, 0.1) is 12.7 Å². The van der Waals surface area contributed by atoms with E-state index in [4.69, 9.17) is 18.3 Å². The number of rotatable bonds is 4. The standard InChI is InChI=1S/C14H20N3O7P/c1-8(2)23-25(20)21-7-9-14(3,24-25)11(15-4)12(22-9)17-6-5-10(18)16-13(17)19/h5-6,8-9,11-12H,4,7H2,1-3H3,(H,16,18,19)/t9-,11+,12-,14-,25?/m1/s1. The molecule has 0 aromatic carbocycles. The van der Waals surface area contributed by atoms with E-state index in [1.807, 2.05) is 0 Å². The fourth-order valence-corrected chi connectivity index (χ4v) is 4.72. The Hall–Kier alpha value is -1.58. The van der Waals surface area contributed by atoms with Crippen LogP contribution in [0, 0.1) is 0 Å². The van der Waals surface area contributed by atoms with E-state index in [2.05, 4.69) is 16.7 Å². The van der Waals surface area contributed by atoms with Crippen LogP contribution in [0.2, 0.25) is 0 Å². The number of hydrogen-bond donors (Lipinski definition) is 1. The van der Waals surface area contributed by atoms with Crippen molar-refractivity contribution in [2.24, 2.45) is 4.99 Å². The van der Waals surface area contributed by atoms with Crippen LogP contribution in [-0.4, -0.2) is 46.7 Å². The molecule has 3 heterocycles. The Morgan fingerprint density at radius 3 is 2.84 bits per heavy atom. The summed E-state index contributed by atoms with van der Waals surface area (Å²) in [6, 6.07) is 0.424. The number of aliphatic imine (C=N–C) groups is 1. The zero-order valence-corrected chi connectivity index (χ0v) is 15.0. The van der Waals surface area contributed by atoms with Crippen LogP contribution in [-0.2, 0) is 22.9 Å². The van der Waals surface area contributed by atoms with E-state index in [0.29, 0.717) is 0 Å². The highest BCUT2D eigenvalue weighted by atomic mass is 31.2. The van der Waals surface area contributed by atoms with Crippen LogP contribution in [0.5, 0.6) is 0 Å². The average Bonchev–Trinajstić information content (AvgIpc) is 2.76. The molecule has 2 fully saturated rings. The van der Waals surface area contributed by atoms with E-state index in [1.165, 1.54) is 16.8 Å². The number of nitrogens with one attached hydrogen (secondary N) is 1. The smallest absolute Gasteiger partial charge is 0.347 e. The highest BCUT2D eigenvalue weighted by Gasteiger charge is 2.62. The third-order valence-electron chi connectivity index (χ3n) is 4.15. The fraction of sp³-hybridized carbons (Fsp3) is 0.643. The van der Waals surface area contributed by atoms with Gasteiger partial charge in [-0.1, -0.05) is 0 Å². The van der Waals surface area contributed by atoms with Crippen LogP contribution in [0.3, 0.4) is 0 Å². The summed E-state index contributed by atoms with van der Waals surface area (Å²) in [7, 11) is -3.81. The van der Waals surface area contributed by atoms with Crippen molar-refractivity contribution in [3.63, 3.8) is 0 Å². The number of phosphoric acid groups is 1. The minimum absolute atomic E-state index is 0.0544. The molecule has 0 saturated carbocycles. The summed E-state index contributed by atoms with van der Waals surface area (Å²) in [4.78, 5) is 29.5. The normalized spacial score (nSPS) is 37.8. The van der Waals surface area contributed by atoms with Crippen LogP contribution in [0.25, 0.3) is 0 Å². The van der Waals surface area contributed by atoms with Gasteiger partial charge in [-0.05, 0) is 27.5 Å². The van der Waals surface area contributed by atoms with Crippen molar-refractivity contribution in [2.45, 2.75) is 50.8 Å². The largest absolute Gasteiger partial charge is 0.475 e. The van der Waals surface area contributed by atoms with Crippen LogP contribution in [0.15, 0.2) is 26.8 Å². The average molecular weight is 373 g/mol. The number of aromatic nitrogens is 2. The summed E-state index contributed by atoms with van der Waals surface area (Å²) >= 11 is 0. The monoisotopic (exact) mass is 373 g/mol. The summed E-state index contributed by atoms with van der Waals surface area (Å²) in [5.41, 5.74) is -2.36. The number of ether oxygens (including phenoxy) is 1. The lowest BCUT2D eigenvalue weighted by Gasteiger charge is -2.39. The van der Waals surface area contributed by atoms with Gasteiger partial charge in [-0.25, -0.2) is 9.36 Å². The maximum absolute atomic E-state index is 12.7. The zero-order chi connectivity index (χ0) is 18.4. The molecule has 1 N–H and O–H groups in total. The van der Waals surface area contributed by atoms with E-state index < -0.39 is 43.0 Å². The van der Waals surface area contributed by atoms with Crippen molar-refractivity contribution in [1.82, 2.24) is 9.55 Å². The maximum Gasteiger partial charge on any atom is 0.475 e. The Morgan fingerprint density at radius 2 is 2.24 bits per heavy atom. The quantitative estimate of drug-likeness (QED) is 0.613. The molecular weight excluding hydrogens is 353 g/mol. The van der Waals surface area contributed by atoms with E-state index in [-0.39, 0.29) is 12.7 Å². The van der Waals surface area contributed by atoms with Crippen molar-refractivity contribution < 1.29 is 22.9 Å². The van der Waals surface area contributed by atoms with Crippen molar-refractivity contribution in [3.8, 4) is 0 Å². The topological polar surface area (TPSA) is 121 Å². The Bertz CT molecular complexity index is 834. The van der Waals surface area contributed by atoms with Gasteiger partial charge in [0.25, 0.3) is 5.56 Å². The first-order valence-electron chi connectivity index (χ1n) is 7.75. The second-order valence-corrected chi connectivity index (χ2v) is 7.88. The van der Waals surface area contributed by atoms with Crippen molar-refractivity contribution >= 4 is 14.5 Å². The lowest BCUT2D eigenvalue weighted by atomic mass is 9.93. The molecule has 1 aromatic heterocycles. The van der Waals surface area contributed by atoms with Crippen LogP contribution in [0.4, 0.5) is 0 Å². The molecular formula is C14H20N3O7P. The molecule has 0 spiro atoms. The summed E-state index contributed by atoms with van der Waals surface area (Å²) in [6.45, 7) is 8.56. The van der Waals surface area contributed by atoms with E-state index in [9.17, 15) is 14.2 Å². The second-order valence-electron chi connectivity index (χ2n) is 6.33. The number of aromatic amines is 1. The first-order valence-corrected chi connectivity index (χ1v) is 9.21. The summed E-state index contributed by atoms with van der Waals surface area (Å²) in [5.74, 6) is 0. The molecule has 138 valence electrons. The van der Waals surface area contributed by atoms with Gasteiger partial charge in [0.2, 0.25) is 0 Å². The molecule has 2 aliphatic rings.